The SMILES string of the molecule is CC(C)c1ccc([C@H](C)Nc2nccc(N3C(=O)OC[C@@H]3C(C)C)n2)cc1Cl. The highest BCUT2D eigenvalue weighted by atomic mass is 35.5. The summed E-state index contributed by atoms with van der Waals surface area (Å²) in [5.74, 6) is 1.63. The maximum absolute atomic E-state index is 12.2. The summed E-state index contributed by atoms with van der Waals surface area (Å²) in [6.07, 6.45) is 1.28. The first-order valence-electron chi connectivity index (χ1n) is 9.62. The molecule has 2 aromatic rings. The fourth-order valence-electron chi connectivity index (χ4n) is 3.30. The molecule has 1 aromatic carbocycles. The van der Waals surface area contributed by atoms with Gasteiger partial charge in [0.2, 0.25) is 5.95 Å². The normalized spacial score (nSPS) is 17.9. The number of nitrogens with zero attached hydrogens (tertiary/aromatic N) is 3. The van der Waals surface area contributed by atoms with E-state index in [0.29, 0.717) is 24.3 Å². The van der Waals surface area contributed by atoms with Gasteiger partial charge in [-0.3, -0.25) is 4.90 Å². The molecule has 6 nitrogen and oxygen atoms in total. The summed E-state index contributed by atoms with van der Waals surface area (Å²) in [7, 11) is 0. The molecule has 1 N–H and O–H groups in total. The molecule has 1 aromatic heterocycles. The van der Waals surface area contributed by atoms with Crippen LogP contribution in [0.4, 0.5) is 16.6 Å². The number of benzene rings is 1. The van der Waals surface area contributed by atoms with E-state index >= 15 is 0 Å². The Kier molecular flexibility index (Phi) is 6.08. The summed E-state index contributed by atoms with van der Waals surface area (Å²) in [6.45, 7) is 10.8. The Morgan fingerprint density at radius 1 is 1.21 bits per heavy atom. The zero-order valence-electron chi connectivity index (χ0n) is 16.9. The summed E-state index contributed by atoms with van der Waals surface area (Å²) in [5, 5.41) is 4.06. The van der Waals surface area contributed by atoms with E-state index in [1.54, 1.807) is 17.2 Å². The molecule has 1 fully saturated rings. The van der Waals surface area contributed by atoms with Crippen LogP contribution in [0.1, 0.15) is 57.7 Å². The Morgan fingerprint density at radius 2 is 1.96 bits per heavy atom. The molecule has 7 heteroatoms. The van der Waals surface area contributed by atoms with E-state index in [-0.39, 0.29) is 24.1 Å². The van der Waals surface area contributed by atoms with Gasteiger partial charge in [0.1, 0.15) is 12.4 Å². The van der Waals surface area contributed by atoms with Gasteiger partial charge < -0.3 is 10.1 Å². The number of carbonyl (C=O) groups excluding carboxylic acids is 1. The lowest BCUT2D eigenvalue weighted by molar-refractivity contribution is 0.177. The minimum absolute atomic E-state index is 0.0324. The number of carbonyl (C=O) groups is 1. The number of aromatic nitrogens is 2. The molecule has 0 spiro atoms. The van der Waals surface area contributed by atoms with Crippen molar-refractivity contribution in [2.45, 2.75) is 52.6 Å². The summed E-state index contributed by atoms with van der Waals surface area (Å²) >= 11 is 6.43. The van der Waals surface area contributed by atoms with Gasteiger partial charge in [0.05, 0.1) is 12.1 Å². The maximum Gasteiger partial charge on any atom is 0.415 e. The molecular weight excluding hydrogens is 376 g/mol. The number of rotatable bonds is 6. The Balaban J connectivity index is 1.79. The van der Waals surface area contributed by atoms with Gasteiger partial charge in [0, 0.05) is 11.2 Å². The predicted octanol–water partition coefficient (Wildman–Crippen LogP) is 5.41. The summed E-state index contributed by atoms with van der Waals surface area (Å²) in [4.78, 5) is 22.6. The topological polar surface area (TPSA) is 67.4 Å². The van der Waals surface area contributed by atoms with Crippen molar-refractivity contribution >= 4 is 29.5 Å². The van der Waals surface area contributed by atoms with Crippen LogP contribution in [-0.4, -0.2) is 28.7 Å². The molecule has 150 valence electrons. The van der Waals surface area contributed by atoms with Crippen molar-refractivity contribution in [3.63, 3.8) is 0 Å². The van der Waals surface area contributed by atoms with Crippen LogP contribution in [0.5, 0.6) is 0 Å². The first-order chi connectivity index (χ1) is 13.3. The van der Waals surface area contributed by atoms with E-state index in [2.05, 4.69) is 55.1 Å². The fourth-order valence-corrected chi connectivity index (χ4v) is 3.71. The van der Waals surface area contributed by atoms with Gasteiger partial charge in [-0.1, -0.05) is 51.4 Å². The third-order valence-corrected chi connectivity index (χ3v) is 5.38. The molecule has 1 amide bonds. The standard InChI is InChI=1S/C21H27ClN4O2/c1-12(2)16-7-6-15(10-17(16)22)14(5)24-20-23-9-8-19(25-20)26-18(13(3)4)11-28-21(26)27/h6-10,12-14,18H,11H2,1-5H3,(H,23,24,25)/t14-,18+/m0/s1. The van der Waals surface area contributed by atoms with Crippen molar-refractivity contribution in [2.24, 2.45) is 5.92 Å². The van der Waals surface area contributed by atoms with Crippen LogP contribution in [0.15, 0.2) is 30.5 Å². The largest absolute Gasteiger partial charge is 0.447 e. The van der Waals surface area contributed by atoms with Crippen LogP contribution >= 0.6 is 11.6 Å². The van der Waals surface area contributed by atoms with Crippen molar-refractivity contribution < 1.29 is 9.53 Å². The minimum Gasteiger partial charge on any atom is -0.447 e. The molecule has 0 radical (unpaired) electrons. The van der Waals surface area contributed by atoms with Crippen LogP contribution < -0.4 is 10.2 Å². The Labute approximate surface area is 171 Å². The van der Waals surface area contributed by atoms with Gasteiger partial charge in [0.15, 0.2) is 0 Å². The molecule has 1 aliphatic rings. The second-order valence-electron chi connectivity index (χ2n) is 7.80. The van der Waals surface area contributed by atoms with Gasteiger partial charge in [-0.15, -0.1) is 0 Å². The second kappa shape index (κ2) is 8.35. The molecule has 0 saturated carbocycles. The maximum atomic E-state index is 12.2. The van der Waals surface area contributed by atoms with Gasteiger partial charge in [0.25, 0.3) is 0 Å². The van der Waals surface area contributed by atoms with Crippen molar-refractivity contribution in [3.8, 4) is 0 Å². The summed E-state index contributed by atoms with van der Waals surface area (Å²) in [6, 6.07) is 7.76. The minimum atomic E-state index is -0.368. The molecule has 2 heterocycles. The second-order valence-corrected chi connectivity index (χ2v) is 8.21. The lowest BCUT2D eigenvalue weighted by atomic mass is 9.99. The smallest absolute Gasteiger partial charge is 0.415 e. The number of ether oxygens (including phenoxy) is 1. The summed E-state index contributed by atoms with van der Waals surface area (Å²) < 4.78 is 5.22. The van der Waals surface area contributed by atoms with E-state index < -0.39 is 0 Å². The van der Waals surface area contributed by atoms with Crippen molar-refractivity contribution in [1.29, 1.82) is 0 Å². The molecular formula is C21H27ClN4O2. The van der Waals surface area contributed by atoms with Gasteiger partial charge >= 0.3 is 6.09 Å². The molecule has 0 bridgehead atoms. The average Bonchev–Trinajstić information content (AvgIpc) is 3.03. The molecule has 28 heavy (non-hydrogen) atoms. The Morgan fingerprint density at radius 3 is 2.61 bits per heavy atom. The van der Waals surface area contributed by atoms with E-state index in [1.807, 2.05) is 13.0 Å². The molecule has 0 unspecified atom stereocenters. The van der Waals surface area contributed by atoms with Crippen molar-refractivity contribution in [2.75, 3.05) is 16.8 Å². The van der Waals surface area contributed by atoms with Crippen LogP contribution in [0.2, 0.25) is 5.02 Å². The fraction of sp³-hybridized carbons (Fsp3) is 0.476. The van der Waals surface area contributed by atoms with Crippen molar-refractivity contribution in [1.82, 2.24) is 9.97 Å². The van der Waals surface area contributed by atoms with E-state index in [9.17, 15) is 4.79 Å². The van der Waals surface area contributed by atoms with E-state index in [1.165, 1.54) is 0 Å². The Hall–Kier alpha value is -2.34. The molecule has 0 aliphatic carbocycles. The first kappa shape index (κ1) is 20.4. The molecule has 1 aliphatic heterocycles. The van der Waals surface area contributed by atoms with Crippen LogP contribution in [0, 0.1) is 5.92 Å². The Bertz CT molecular complexity index is 856. The van der Waals surface area contributed by atoms with Crippen LogP contribution in [0.3, 0.4) is 0 Å². The lowest BCUT2D eigenvalue weighted by Crippen LogP contribution is -2.37. The molecule has 2 atom stereocenters. The average molecular weight is 403 g/mol. The van der Waals surface area contributed by atoms with E-state index in [4.69, 9.17) is 16.3 Å². The number of anilines is 2. The van der Waals surface area contributed by atoms with Gasteiger partial charge in [-0.25, -0.2) is 9.78 Å². The van der Waals surface area contributed by atoms with Crippen molar-refractivity contribution in [3.05, 3.63) is 46.6 Å². The first-order valence-corrected chi connectivity index (χ1v) is 10.0. The zero-order chi connectivity index (χ0) is 20.4. The highest BCUT2D eigenvalue weighted by Crippen LogP contribution is 2.29. The summed E-state index contributed by atoms with van der Waals surface area (Å²) in [5.41, 5.74) is 2.17. The number of cyclic esters (lactones) is 1. The van der Waals surface area contributed by atoms with Gasteiger partial charge in [-0.2, -0.15) is 4.98 Å². The number of amides is 1. The number of hydrogen-bond acceptors (Lipinski definition) is 5. The lowest BCUT2D eigenvalue weighted by Gasteiger charge is -2.24. The molecule has 3 rings (SSSR count). The third kappa shape index (κ3) is 4.22. The number of halogens is 1. The highest BCUT2D eigenvalue weighted by molar-refractivity contribution is 6.31. The predicted molar refractivity (Wildman–Crippen MR) is 112 cm³/mol. The van der Waals surface area contributed by atoms with E-state index in [0.717, 1.165) is 16.1 Å². The zero-order valence-corrected chi connectivity index (χ0v) is 17.7. The number of hydrogen-bond donors (Lipinski definition) is 1. The monoisotopic (exact) mass is 402 g/mol. The van der Waals surface area contributed by atoms with Crippen LogP contribution in [-0.2, 0) is 4.74 Å². The van der Waals surface area contributed by atoms with Crippen LogP contribution in [0.25, 0.3) is 0 Å². The highest BCUT2D eigenvalue weighted by Gasteiger charge is 2.37. The third-order valence-electron chi connectivity index (χ3n) is 5.06. The quantitative estimate of drug-likeness (QED) is 0.699. The molecule has 1 saturated heterocycles. The van der Waals surface area contributed by atoms with Gasteiger partial charge in [-0.05, 0) is 42.0 Å². The number of nitrogens with one attached hydrogen (secondary N) is 1.